The Kier molecular flexibility index (Phi) is 6.17. The summed E-state index contributed by atoms with van der Waals surface area (Å²) >= 11 is 6.42. The van der Waals surface area contributed by atoms with Crippen LogP contribution in [-0.2, 0) is 0 Å². The van der Waals surface area contributed by atoms with E-state index in [1.54, 1.807) is 6.20 Å². The second kappa shape index (κ2) is 8.71. The fourth-order valence-corrected chi connectivity index (χ4v) is 5.42. The summed E-state index contributed by atoms with van der Waals surface area (Å²) in [5, 5.41) is 10.9. The summed E-state index contributed by atoms with van der Waals surface area (Å²) in [7, 11) is 1.00. The number of aryl methyl sites for hydroxylation is 1. The van der Waals surface area contributed by atoms with Crippen molar-refractivity contribution in [2.75, 3.05) is 12.4 Å². The molecule has 0 spiro atoms. The molecule has 0 saturated heterocycles. The Bertz CT molecular complexity index is 1100. The van der Waals surface area contributed by atoms with Crippen LogP contribution in [0.3, 0.4) is 0 Å². The molecule has 31 heavy (non-hydrogen) atoms. The molecule has 8 heteroatoms. The lowest BCUT2D eigenvalue weighted by atomic mass is 9.71. The Hall–Kier alpha value is -2.25. The van der Waals surface area contributed by atoms with Gasteiger partial charge in [0.2, 0.25) is 5.95 Å². The van der Waals surface area contributed by atoms with Crippen LogP contribution >= 0.6 is 11.6 Å². The van der Waals surface area contributed by atoms with Gasteiger partial charge in [0.15, 0.2) is 5.82 Å². The van der Waals surface area contributed by atoms with Crippen molar-refractivity contribution in [1.29, 1.82) is 0 Å². The molecule has 166 valence electrons. The fourth-order valence-electron chi connectivity index (χ4n) is 5.22. The summed E-state index contributed by atoms with van der Waals surface area (Å²) in [6, 6.07) is 3.99. The number of hydrogen-bond acceptors (Lipinski definition) is 5. The largest absolute Gasteiger partial charge is 0.400 e. The van der Waals surface area contributed by atoms with E-state index in [0.717, 1.165) is 30.3 Å². The number of fused-ring (bicyclic) bond motifs is 2. The van der Waals surface area contributed by atoms with Gasteiger partial charge in [-0.2, -0.15) is 0 Å². The maximum Gasteiger partial charge on any atom is 0.223 e. The molecule has 3 unspecified atom stereocenters. The average molecular weight is 446 g/mol. The van der Waals surface area contributed by atoms with Gasteiger partial charge < -0.3 is 15.0 Å². The quantitative estimate of drug-likeness (QED) is 0.563. The van der Waals surface area contributed by atoms with Crippen LogP contribution in [0.1, 0.15) is 51.4 Å². The monoisotopic (exact) mass is 445 g/mol. The third-order valence-corrected chi connectivity index (χ3v) is 6.84. The molecule has 2 saturated carbocycles. The molecule has 6 nitrogen and oxygen atoms in total. The van der Waals surface area contributed by atoms with Gasteiger partial charge in [-0.05, 0) is 57.6 Å². The van der Waals surface area contributed by atoms with Gasteiger partial charge in [0.05, 0.1) is 22.4 Å². The smallest absolute Gasteiger partial charge is 0.223 e. The van der Waals surface area contributed by atoms with Crippen molar-refractivity contribution < 1.29 is 9.50 Å². The maximum absolute atomic E-state index is 14.9. The summed E-state index contributed by atoms with van der Waals surface area (Å²) in [4.78, 5) is 13.4. The minimum absolute atomic E-state index is 0.172. The molecule has 2 fully saturated rings. The number of anilines is 1. The summed E-state index contributed by atoms with van der Waals surface area (Å²) < 4.78 is 16.9. The molecule has 2 aliphatic rings. The van der Waals surface area contributed by atoms with Crippen LogP contribution < -0.4 is 5.32 Å². The van der Waals surface area contributed by atoms with Crippen molar-refractivity contribution in [1.82, 2.24) is 19.5 Å². The molecule has 3 atom stereocenters. The molecule has 0 amide bonds. The Morgan fingerprint density at radius 2 is 2.00 bits per heavy atom. The van der Waals surface area contributed by atoms with Crippen molar-refractivity contribution in [3.8, 4) is 11.3 Å². The van der Waals surface area contributed by atoms with E-state index in [1.807, 2.05) is 17.6 Å². The third-order valence-electron chi connectivity index (χ3n) is 6.56. The molecule has 2 aliphatic carbocycles. The SMILES string of the molecule is CO.Cc1nc2c(F)cc(-c3nc(NC4CC5CCCC54)ncc3Cl)cc2n1C(C)C. The van der Waals surface area contributed by atoms with E-state index in [-0.39, 0.29) is 11.9 Å². The highest BCUT2D eigenvalue weighted by atomic mass is 35.5. The predicted molar refractivity (Wildman–Crippen MR) is 122 cm³/mol. The topological polar surface area (TPSA) is 75.9 Å². The van der Waals surface area contributed by atoms with E-state index in [1.165, 1.54) is 31.7 Å². The number of aliphatic hydroxyl groups is 1. The van der Waals surface area contributed by atoms with Crippen LogP contribution in [0.5, 0.6) is 0 Å². The number of nitrogens with one attached hydrogen (secondary N) is 1. The van der Waals surface area contributed by atoms with Crippen molar-refractivity contribution in [2.45, 2.75) is 58.5 Å². The molecule has 2 N–H and O–H groups in total. The zero-order valence-electron chi connectivity index (χ0n) is 18.4. The number of imidazole rings is 1. The van der Waals surface area contributed by atoms with Crippen molar-refractivity contribution >= 4 is 28.6 Å². The summed E-state index contributed by atoms with van der Waals surface area (Å²) in [6.45, 7) is 6.02. The average Bonchev–Trinajstić information content (AvgIpc) is 3.28. The zero-order chi connectivity index (χ0) is 22.3. The molecule has 0 radical (unpaired) electrons. The fraction of sp³-hybridized carbons (Fsp3) is 0.522. The van der Waals surface area contributed by atoms with Gasteiger partial charge in [0.25, 0.3) is 0 Å². The Labute approximate surface area is 186 Å². The minimum Gasteiger partial charge on any atom is -0.400 e. The van der Waals surface area contributed by atoms with Crippen LogP contribution in [0.4, 0.5) is 10.3 Å². The summed E-state index contributed by atoms with van der Waals surface area (Å²) in [6.07, 6.45) is 6.73. The van der Waals surface area contributed by atoms with E-state index in [4.69, 9.17) is 16.7 Å². The first kappa shape index (κ1) is 22.0. The first-order chi connectivity index (χ1) is 14.9. The van der Waals surface area contributed by atoms with E-state index >= 15 is 0 Å². The van der Waals surface area contributed by atoms with Gasteiger partial charge in [-0.15, -0.1) is 0 Å². The van der Waals surface area contributed by atoms with Gasteiger partial charge in [0.1, 0.15) is 11.3 Å². The standard InChI is InChI=1S/C22H25ClFN5.CH4O/c1-11(2)29-12(3)26-21-17(24)7-14(9-19(21)29)20-16(23)10-25-22(28-20)27-18-8-13-5-4-6-15(13)18;1-2/h7,9-11,13,15,18H,4-6,8H2,1-3H3,(H,25,27,28);2H,1H3. The normalized spacial score (nSPS) is 22.1. The van der Waals surface area contributed by atoms with Crippen LogP contribution in [-0.4, -0.2) is 37.8 Å². The highest BCUT2D eigenvalue weighted by Crippen LogP contribution is 2.47. The van der Waals surface area contributed by atoms with E-state index in [2.05, 4.69) is 34.1 Å². The highest BCUT2D eigenvalue weighted by Gasteiger charge is 2.43. The molecule has 3 aromatic rings. The van der Waals surface area contributed by atoms with Crippen LogP contribution in [0.2, 0.25) is 5.02 Å². The van der Waals surface area contributed by atoms with Gasteiger partial charge >= 0.3 is 0 Å². The molecular weight excluding hydrogens is 417 g/mol. The van der Waals surface area contributed by atoms with Crippen LogP contribution in [0, 0.1) is 24.6 Å². The second-order valence-corrected chi connectivity index (χ2v) is 9.09. The van der Waals surface area contributed by atoms with E-state index in [9.17, 15) is 4.39 Å². The first-order valence-electron chi connectivity index (χ1n) is 10.8. The lowest BCUT2D eigenvalue weighted by Gasteiger charge is -2.40. The Morgan fingerprint density at radius 3 is 2.71 bits per heavy atom. The number of aromatic nitrogens is 4. The van der Waals surface area contributed by atoms with Crippen molar-refractivity contribution in [3.05, 3.63) is 35.0 Å². The summed E-state index contributed by atoms with van der Waals surface area (Å²) in [5.41, 5.74) is 2.32. The van der Waals surface area contributed by atoms with Crippen LogP contribution in [0.25, 0.3) is 22.3 Å². The number of aliphatic hydroxyl groups excluding tert-OH is 1. The van der Waals surface area contributed by atoms with Gasteiger partial charge in [0, 0.05) is 24.8 Å². The first-order valence-corrected chi connectivity index (χ1v) is 11.2. The van der Waals surface area contributed by atoms with E-state index < -0.39 is 0 Å². The molecular formula is C23H29ClFN5O. The number of rotatable bonds is 4. The van der Waals surface area contributed by atoms with Gasteiger partial charge in [-0.25, -0.2) is 19.3 Å². The number of benzene rings is 1. The minimum atomic E-state index is -0.364. The zero-order valence-corrected chi connectivity index (χ0v) is 19.1. The predicted octanol–water partition coefficient (Wildman–Crippen LogP) is 5.38. The molecule has 0 bridgehead atoms. The van der Waals surface area contributed by atoms with E-state index in [0.29, 0.717) is 33.8 Å². The lowest BCUT2D eigenvalue weighted by molar-refractivity contribution is 0.188. The molecule has 2 aromatic heterocycles. The van der Waals surface area contributed by atoms with Crippen molar-refractivity contribution in [3.63, 3.8) is 0 Å². The maximum atomic E-state index is 14.9. The number of nitrogens with zero attached hydrogens (tertiary/aromatic N) is 4. The summed E-state index contributed by atoms with van der Waals surface area (Å²) in [5.74, 6) is 2.58. The lowest BCUT2D eigenvalue weighted by Crippen LogP contribution is -2.43. The number of hydrogen-bond donors (Lipinski definition) is 2. The van der Waals surface area contributed by atoms with Crippen LogP contribution in [0.15, 0.2) is 18.3 Å². The van der Waals surface area contributed by atoms with Gasteiger partial charge in [-0.1, -0.05) is 24.4 Å². The molecule has 5 rings (SSSR count). The second-order valence-electron chi connectivity index (χ2n) is 8.68. The van der Waals surface area contributed by atoms with Crippen molar-refractivity contribution in [2.24, 2.45) is 11.8 Å². The number of halogens is 2. The highest BCUT2D eigenvalue weighted by molar-refractivity contribution is 6.33. The Morgan fingerprint density at radius 1 is 1.23 bits per heavy atom. The molecule has 0 aliphatic heterocycles. The van der Waals surface area contributed by atoms with Gasteiger partial charge in [-0.3, -0.25) is 0 Å². The third kappa shape index (κ3) is 3.89. The molecule has 1 aromatic carbocycles. The Balaban J connectivity index is 0.00000112. The molecule has 2 heterocycles.